The molecule has 1 aromatic rings. The van der Waals surface area contributed by atoms with Crippen molar-refractivity contribution in [2.45, 2.75) is 18.6 Å². The summed E-state index contributed by atoms with van der Waals surface area (Å²) >= 11 is 0. The second kappa shape index (κ2) is 5.91. The number of benzene rings is 1. The topological polar surface area (TPSA) is 71.3 Å². The third-order valence-electron chi connectivity index (χ3n) is 2.81. The van der Waals surface area contributed by atoms with Gasteiger partial charge in [0.05, 0.1) is 20.3 Å². The normalized spacial score (nSPS) is 13.8. The number of carbonyl (C=O) groups excluding carboxylic acids is 1. The Hall–Kier alpha value is -2.43. The molecule has 0 saturated carbocycles. The van der Waals surface area contributed by atoms with Crippen LogP contribution in [0.2, 0.25) is 0 Å². The molecule has 8 heteroatoms. The molecule has 1 amide bonds. The van der Waals surface area contributed by atoms with E-state index in [1.54, 1.807) is 11.4 Å². The molecule has 1 unspecified atom stereocenters. The summed E-state index contributed by atoms with van der Waals surface area (Å²) in [6.45, 7) is 1.16. The van der Waals surface area contributed by atoms with Crippen LogP contribution >= 0.6 is 0 Å². The van der Waals surface area contributed by atoms with E-state index in [-0.39, 0.29) is 11.3 Å². The summed E-state index contributed by atoms with van der Waals surface area (Å²) in [5.41, 5.74) is -1.72. The zero-order valence-corrected chi connectivity index (χ0v) is 11.5. The zero-order valence-electron chi connectivity index (χ0n) is 11.5. The third kappa shape index (κ3) is 3.56. The molecule has 21 heavy (non-hydrogen) atoms. The molecule has 0 saturated heterocycles. The maximum Gasteiger partial charge on any atom is 0.471 e. The van der Waals surface area contributed by atoms with Gasteiger partial charge < -0.3 is 14.8 Å². The van der Waals surface area contributed by atoms with E-state index in [0.29, 0.717) is 5.75 Å². The Morgan fingerprint density at radius 2 is 1.81 bits per heavy atom. The number of nitrogens with one attached hydrogen (secondary N) is 1. The predicted molar refractivity (Wildman–Crippen MR) is 66.7 cm³/mol. The van der Waals surface area contributed by atoms with Crippen molar-refractivity contribution in [1.82, 2.24) is 5.32 Å². The Bertz CT molecular complexity index is 581. The fourth-order valence-electron chi connectivity index (χ4n) is 1.61. The van der Waals surface area contributed by atoms with Crippen LogP contribution in [-0.2, 0) is 10.3 Å². The zero-order chi connectivity index (χ0) is 16.3. The number of hydrogen-bond donors (Lipinski definition) is 1. The largest absolute Gasteiger partial charge is 0.493 e. The van der Waals surface area contributed by atoms with E-state index < -0.39 is 17.6 Å². The minimum atomic E-state index is -5.07. The van der Waals surface area contributed by atoms with E-state index in [0.717, 1.165) is 6.92 Å². The number of amides is 1. The standard InChI is InChI=1S/C13H13F3N2O3/c1-12(7-17,18-11(19)13(14,15)16)8-4-5-9(20-2)10(6-8)21-3/h4-6H,1-3H3,(H,18,19). The summed E-state index contributed by atoms with van der Waals surface area (Å²) in [5, 5.41) is 10.8. The summed E-state index contributed by atoms with van der Waals surface area (Å²) in [4.78, 5) is 11.0. The second-order valence-electron chi connectivity index (χ2n) is 4.26. The number of alkyl halides is 3. The van der Waals surface area contributed by atoms with Gasteiger partial charge in [0.25, 0.3) is 0 Å². The lowest BCUT2D eigenvalue weighted by Crippen LogP contribution is -2.48. The Labute approximate surface area is 119 Å². The quantitative estimate of drug-likeness (QED) is 0.924. The van der Waals surface area contributed by atoms with Gasteiger partial charge in [0.15, 0.2) is 17.0 Å². The first-order chi connectivity index (χ1) is 9.67. The number of methoxy groups -OCH3 is 2. The van der Waals surface area contributed by atoms with Crippen molar-refractivity contribution in [1.29, 1.82) is 5.26 Å². The van der Waals surface area contributed by atoms with Crippen LogP contribution in [0.25, 0.3) is 0 Å². The van der Waals surface area contributed by atoms with Crippen molar-refractivity contribution in [3.63, 3.8) is 0 Å². The molecule has 0 aliphatic carbocycles. The minimum absolute atomic E-state index is 0.139. The van der Waals surface area contributed by atoms with E-state index in [9.17, 15) is 18.0 Å². The molecule has 1 aromatic carbocycles. The number of ether oxygens (including phenoxy) is 2. The highest BCUT2D eigenvalue weighted by atomic mass is 19.4. The van der Waals surface area contributed by atoms with E-state index in [4.69, 9.17) is 14.7 Å². The molecule has 1 atom stereocenters. The third-order valence-corrected chi connectivity index (χ3v) is 2.81. The van der Waals surface area contributed by atoms with Gasteiger partial charge in [0.2, 0.25) is 0 Å². The first-order valence-corrected chi connectivity index (χ1v) is 5.71. The van der Waals surface area contributed by atoms with Gasteiger partial charge in [-0.1, -0.05) is 6.07 Å². The molecule has 0 aromatic heterocycles. The van der Waals surface area contributed by atoms with E-state index in [2.05, 4.69) is 0 Å². The van der Waals surface area contributed by atoms with Gasteiger partial charge in [-0.05, 0) is 24.6 Å². The van der Waals surface area contributed by atoms with E-state index in [1.807, 2.05) is 0 Å². The van der Waals surface area contributed by atoms with Crippen LogP contribution < -0.4 is 14.8 Å². The number of hydrogen-bond acceptors (Lipinski definition) is 4. The second-order valence-corrected chi connectivity index (χ2v) is 4.26. The SMILES string of the molecule is COc1ccc(C(C)(C#N)NC(=O)C(F)(F)F)cc1OC. The van der Waals surface area contributed by atoms with Gasteiger partial charge >= 0.3 is 12.1 Å². The Kier molecular flexibility index (Phi) is 4.68. The lowest BCUT2D eigenvalue weighted by molar-refractivity contribution is -0.175. The lowest BCUT2D eigenvalue weighted by atomic mass is 9.93. The van der Waals surface area contributed by atoms with Gasteiger partial charge in [-0.15, -0.1) is 0 Å². The highest BCUT2D eigenvalue weighted by Gasteiger charge is 2.43. The molecule has 0 bridgehead atoms. The lowest BCUT2D eigenvalue weighted by Gasteiger charge is -2.25. The highest BCUT2D eigenvalue weighted by Crippen LogP contribution is 2.32. The average molecular weight is 302 g/mol. The number of halogens is 3. The summed E-state index contributed by atoms with van der Waals surface area (Å²) in [7, 11) is 2.74. The fraction of sp³-hybridized carbons (Fsp3) is 0.385. The molecule has 1 N–H and O–H groups in total. The smallest absolute Gasteiger partial charge is 0.471 e. The van der Waals surface area contributed by atoms with Gasteiger partial charge in [0.1, 0.15) is 0 Å². The first-order valence-electron chi connectivity index (χ1n) is 5.71. The molecule has 0 aliphatic rings. The molecule has 0 spiro atoms. The van der Waals surface area contributed by atoms with Crippen molar-refractivity contribution < 1.29 is 27.4 Å². The summed E-state index contributed by atoms with van der Waals surface area (Å²) in [6, 6.07) is 5.80. The molecule has 1 rings (SSSR count). The van der Waals surface area contributed by atoms with Crippen molar-refractivity contribution in [3.05, 3.63) is 23.8 Å². The monoisotopic (exact) mass is 302 g/mol. The molecule has 0 aliphatic heterocycles. The predicted octanol–water partition coefficient (Wildman–Crippen LogP) is 2.12. The number of rotatable bonds is 4. The van der Waals surface area contributed by atoms with Crippen molar-refractivity contribution in [2.75, 3.05) is 14.2 Å². The number of carbonyl (C=O) groups is 1. The van der Waals surface area contributed by atoms with Crippen LogP contribution in [0.4, 0.5) is 13.2 Å². The van der Waals surface area contributed by atoms with Crippen LogP contribution in [0.5, 0.6) is 11.5 Å². The van der Waals surface area contributed by atoms with Crippen molar-refractivity contribution >= 4 is 5.91 Å². The number of nitriles is 1. The molecule has 114 valence electrons. The van der Waals surface area contributed by atoms with Crippen LogP contribution in [0.15, 0.2) is 18.2 Å². The maximum atomic E-state index is 12.3. The Balaban J connectivity index is 3.21. The van der Waals surface area contributed by atoms with Crippen LogP contribution in [-0.4, -0.2) is 26.3 Å². The molecule has 0 radical (unpaired) electrons. The van der Waals surface area contributed by atoms with Crippen LogP contribution in [0.3, 0.4) is 0 Å². The molecular formula is C13H13F3N2O3. The van der Waals surface area contributed by atoms with Gasteiger partial charge in [0, 0.05) is 0 Å². The van der Waals surface area contributed by atoms with Crippen LogP contribution in [0.1, 0.15) is 12.5 Å². The fourth-order valence-corrected chi connectivity index (χ4v) is 1.61. The minimum Gasteiger partial charge on any atom is -0.493 e. The van der Waals surface area contributed by atoms with Gasteiger partial charge in [-0.3, -0.25) is 4.79 Å². The molecule has 0 fully saturated rings. The molecule has 5 nitrogen and oxygen atoms in total. The summed E-state index contributed by atoms with van der Waals surface area (Å²) < 4.78 is 47.0. The Morgan fingerprint density at radius 3 is 2.24 bits per heavy atom. The van der Waals surface area contributed by atoms with Crippen molar-refractivity contribution in [3.8, 4) is 17.6 Å². The first kappa shape index (κ1) is 16.6. The van der Waals surface area contributed by atoms with Crippen LogP contribution in [0, 0.1) is 11.3 Å². The highest BCUT2D eigenvalue weighted by molar-refractivity contribution is 5.83. The van der Waals surface area contributed by atoms with Crippen molar-refractivity contribution in [2.24, 2.45) is 0 Å². The molecule has 0 heterocycles. The average Bonchev–Trinajstić information content (AvgIpc) is 2.45. The van der Waals surface area contributed by atoms with E-state index in [1.165, 1.54) is 32.4 Å². The summed E-state index contributed by atoms with van der Waals surface area (Å²) in [5.74, 6) is -1.61. The van der Waals surface area contributed by atoms with Gasteiger partial charge in [-0.25, -0.2) is 0 Å². The molecular weight excluding hydrogens is 289 g/mol. The summed E-state index contributed by atoms with van der Waals surface area (Å²) in [6.07, 6.45) is -5.07. The van der Waals surface area contributed by atoms with E-state index >= 15 is 0 Å². The van der Waals surface area contributed by atoms with Gasteiger partial charge in [-0.2, -0.15) is 18.4 Å². The maximum absolute atomic E-state index is 12.3. The Morgan fingerprint density at radius 1 is 1.24 bits per heavy atom. The number of nitrogens with zero attached hydrogens (tertiary/aromatic N) is 1.